The molecule has 1 aromatic rings. The fourth-order valence-electron chi connectivity index (χ4n) is 3.06. The Hall–Kier alpha value is -2.57. The number of hydrazine groups is 1. The van der Waals surface area contributed by atoms with Crippen LogP contribution in [0.25, 0.3) is 0 Å². The zero-order chi connectivity index (χ0) is 18.9. The van der Waals surface area contributed by atoms with E-state index >= 15 is 0 Å². The standard InChI is InChI=1S/C19H27N3O4/c1-3-22(4-2)16-11-9-14(10-12-16)18(24)21-20-17(23)13-26-19(25)15-7-5-6-8-15/h9-12,15H,3-8,13H2,1-2H3,(H,20,23)(H,21,24). The van der Waals surface area contributed by atoms with E-state index in [4.69, 9.17) is 4.74 Å². The SMILES string of the molecule is CCN(CC)c1ccc(C(=O)NNC(=O)COC(=O)C2CCCC2)cc1. The second-order valence-corrected chi connectivity index (χ2v) is 6.31. The Kier molecular flexibility index (Phi) is 7.44. The number of hydrogen-bond acceptors (Lipinski definition) is 5. The molecule has 1 saturated carbocycles. The van der Waals surface area contributed by atoms with Crippen molar-refractivity contribution in [3.05, 3.63) is 29.8 Å². The topological polar surface area (TPSA) is 87.7 Å². The third-order valence-electron chi connectivity index (χ3n) is 4.61. The van der Waals surface area contributed by atoms with Gasteiger partial charge in [0.2, 0.25) is 0 Å². The summed E-state index contributed by atoms with van der Waals surface area (Å²) in [6, 6.07) is 7.14. The maximum Gasteiger partial charge on any atom is 0.309 e. The minimum atomic E-state index is -0.565. The zero-order valence-corrected chi connectivity index (χ0v) is 15.4. The average Bonchev–Trinajstić information content (AvgIpc) is 3.20. The Balaban J connectivity index is 1.75. The van der Waals surface area contributed by atoms with Crippen molar-refractivity contribution in [1.29, 1.82) is 0 Å². The van der Waals surface area contributed by atoms with Gasteiger partial charge in [0.05, 0.1) is 5.92 Å². The van der Waals surface area contributed by atoms with Crippen LogP contribution < -0.4 is 15.8 Å². The number of rotatable bonds is 7. The molecule has 142 valence electrons. The van der Waals surface area contributed by atoms with E-state index in [9.17, 15) is 14.4 Å². The Morgan fingerprint density at radius 2 is 1.65 bits per heavy atom. The van der Waals surface area contributed by atoms with Gasteiger partial charge in [0.15, 0.2) is 6.61 Å². The Labute approximate surface area is 154 Å². The van der Waals surface area contributed by atoms with Crippen LogP contribution in [-0.4, -0.2) is 37.5 Å². The van der Waals surface area contributed by atoms with E-state index in [-0.39, 0.29) is 11.9 Å². The summed E-state index contributed by atoms with van der Waals surface area (Å²) in [5.41, 5.74) is 6.06. The van der Waals surface area contributed by atoms with E-state index < -0.39 is 18.4 Å². The van der Waals surface area contributed by atoms with Crippen molar-refractivity contribution in [3.63, 3.8) is 0 Å². The molecule has 0 aliphatic heterocycles. The number of nitrogens with zero attached hydrogens (tertiary/aromatic N) is 1. The van der Waals surface area contributed by atoms with Crippen LogP contribution in [0.1, 0.15) is 49.9 Å². The van der Waals surface area contributed by atoms with Crippen LogP contribution in [0.2, 0.25) is 0 Å². The lowest BCUT2D eigenvalue weighted by Gasteiger charge is -2.21. The van der Waals surface area contributed by atoms with Crippen molar-refractivity contribution in [2.24, 2.45) is 5.92 Å². The summed E-state index contributed by atoms with van der Waals surface area (Å²) in [6.07, 6.45) is 3.69. The highest BCUT2D eigenvalue weighted by molar-refractivity contribution is 5.95. The van der Waals surface area contributed by atoms with E-state index in [0.717, 1.165) is 44.5 Å². The minimum Gasteiger partial charge on any atom is -0.455 e. The highest BCUT2D eigenvalue weighted by Gasteiger charge is 2.24. The van der Waals surface area contributed by atoms with Crippen LogP contribution >= 0.6 is 0 Å². The number of ether oxygens (including phenoxy) is 1. The van der Waals surface area contributed by atoms with Crippen molar-refractivity contribution in [1.82, 2.24) is 10.9 Å². The van der Waals surface area contributed by atoms with E-state index in [1.165, 1.54) is 0 Å². The first-order valence-electron chi connectivity index (χ1n) is 9.16. The quantitative estimate of drug-likeness (QED) is 0.573. The van der Waals surface area contributed by atoms with E-state index in [1.54, 1.807) is 12.1 Å². The smallest absolute Gasteiger partial charge is 0.309 e. The van der Waals surface area contributed by atoms with Crippen molar-refractivity contribution in [2.75, 3.05) is 24.6 Å². The molecule has 0 saturated heterocycles. The van der Waals surface area contributed by atoms with Crippen molar-refractivity contribution >= 4 is 23.5 Å². The molecule has 7 nitrogen and oxygen atoms in total. The van der Waals surface area contributed by atoms with E-state index in [2.05, 4.69) is 29.6 Å². The summed E-state index contributed by atoms with van der Waals surface area (Å²) in [6.45, 7) is 5.52. The van der Waals surface area contributed by atoms with Crippen LogP contribution in [0.5, 0.6) is 0 Å². The number of nitrogens with one attached hydrogen (secondary N) is 2. The third kappa shape index (κ3) is 5.47. The molecule has 2 rings (SSSR count). The summed E-state index contributed by atoms with van der Waals surface area (Å²) in [5.74, 6) is -1.42. The Morgan fingerprint density at radius 1 is 1.04 bits per heavy atom. The van der Waals surface area contributed by atoms with Gasteiger partial charge in [-0.15, -0.1) is 0 Å². The van der Waals surface area contributed by atoms with Gasteiger partial charge in [0.1, 0.15) is 0 Å². The number of carbonyl (C=O) groups excluding carboxylic acids is 3. The summed E-state index contributed by atoms with van der Waals surface area (Å²) in [5, 5.41) is 0. The van der Waals surface area contributed by atoms with E-state index in [0.29, 0.717) is 5.56 Å². The zero-order valence-electron chi connectivity index (χ0n) is 15.4. The molecular formula is C19H27N3O4. The molecular weight excluding hydrogens is 334 g/mol. The lowest BCUT2D eigenvalue weighted by atomic mass is 10.1. The summed E-state index contributed by atoms with van der Waals surface area (Å²) < 4.78 is 4.98. The fourth-order valence-corrected chi connectivity index (χ4v) is 3.06. The van der Waals surface area contributed by atoms with Gasteiger partial charge in [0, 0.05) is 24.3 Å². The van der Waals surface area contributed by atoms with Gasteiger partial charge in [-0.2, -0.15) is 0 Å². The lowest BCUT2D eigenvalue weighted by Crippen LogP contribution is -2.43. The first-order chi connectivity index (χ1) is 12.5. The molecule has 1 fully saturated rings. The average molecular weight is 361 g/mol. The van der Waals surface area contributed by atoms with Crippen LogP contribution in [0, 0.1) is 5.92 Å². The van der Waals surface area contributed by atoms with Crippen LogP contribution in [0.3, 0.4) is 0 Å². The van der Waals surface area contributed by atoms with Crippen LogP contribution in [0.15, 0.2) is 24.3 Å². The van der Waals surface area contributed by atoms with Gasteiger partial charge >= 0.3 is 5.97 Å². The summed E-state index contributed by atoms with van der Waals surface area (Å²) in [4.78, 5) is 37.7. The number of hydrogen-bond donors (Lipinski definition) is 2. The van der Waals surface area contributed by atoms with Crippen molar-refractivity contribution < 1.29 is 19.1 Å². The van der Waals surface area contributed by atoms with Gasteiger partial charge in [-0.3, -0.25) is 25.2 Å². The predicted octanol–water partition coefficient (Wildman–Crippen LogP) is 2.03. The predicted molar refractivity (Wildman–Crippen MR) is 98.5 cm³/mol. The molecule has 0 radical (unpaired) electrons. The van der Waals surface area contributed by atoms with Crippen LogP contribution in [0.4, 0.5) is 5.69 Å². The second kappa shape index (κ2) is 9.79. The number of carbonyl (C=O) groups is 3. The van der Waals surface area contributed by atoms with Crippen molar-refractivity contribution in [3.8, 4) is 0 Å². The minimum absolute atomic E-state index is 0.0956. The maximum atomic E-state index is 12.1. The molecule has 1 aliphatic rings. The Morgan fingerprint density at radius 3 is 2.23 bits per heavy atom. The van der Waals surface area contributed by atoms with Gasteiger partial charge in [-0.05, 0) is 51.0 Å². The molecule has 0 atom stereocenters. The summed E-state index contributed by atoms with van der Waals surface area (Å²) >= 11 is 0. The molecule has 0 bridgehead atoms. The first-order valence-corrected chi connectivity index (χ1v) is 9.16. The van der Waals surface area contributed by atoms with Gasteiger partial charge in [0.25, 0.3) is 11.8 Å². The largest absolute Gasteiger partial charge is 0.455 e. The number of esters is 1. The maximum absolute atomic E-state index is 12.1. The highest BCUT2D eigenvalue weighted by atomic mass is 16.5. The molecule has 1 aliphatic carbocycles. The fraction of sp³-hybridized carbons (Fsp3) is 0.526. The number of anilines is 1. The number of benzene rings is 1. The molecule has 26 heavy (non-hydrogen) atoms. The lowest BCUT2D eigenvalue weighted by molar-refractivity contribution is -0.152. The normalized spacial score (nSPS) is 13.9. The van der Waals surface area contributed by atoms with Crippen LogP contribution in [-0.2, 0) is 14.3 Å². The summed E-state index contributed by atoms with van der Waals surface area (Å²) in [7, 11) is 0. The first kappa shape index (κ1) is 19.8. The monoisotopic (exact) mass is 361 g/mol. The highest BCUT2D eigenvalue weighted by Crippen LogP contribution is 2.25. The molecule has 0 spiro atoms. The van der Waals surface area contributed by atoms with Gasteiger partial charge < -0.3 is 9.64 Å². The molecule has 0 heterocycles. The van der Waals surface area contributed by atoms with Gasteiger partial charge in [-0.1, -0.05) is 12.8 Å². The molecule has 0 aromatic heterocycles. The molecule has 2 amide bonds. The Bertz CT molecular complexity index is 620. The van der Waals surface area contributed by atoms with Crippen molar-refractivity contribution in [2.45, 2.75) is 39.5 Å². The second-order valence-electron chi connectivity index (χ2n) is 6.31. The molecule has 0 unspecified atom stereocenters. The van der Waals surface area contributed by atoms with Gasteiger partial charge in [-0.25, -0.2) is 0 Å². The molecule has 1 aromatic carbocycles. The number of amides is 2. The van der Waals surface area contributed by atoms with E-state index in [1.807, 2.05) is 12.1 Å². The third-order valence-corrected chi connectivity index (χ3v) is 4.61. The molecule has 7 heteroatoms. The molecule has 2 N–H and O–H groups in total.